The van der Waals surface area contributed by atoms with E-state index >= 15 is 0 Å². The molecule has 1 aromatic carbocycles. The maximum Gasteiger partial charge on any atom is 0.377 e. The number of esters is 1. The minimum absolute atomic E-state index is 0.0497. The molecule has 0 bridgehead atoms. The first-order valence-corrected chi connectivity index (χ1v) is 6.52. The maximum absolute atomic E-state index is 12.0. The predicted octanol–water partition coefficient (Wildman–Crippen LogP) is 1.32. The SMILES string of the molecule is COc1ccc(C(=O)COC(=O)C2=COCCO2)cc1OC. The van der Waals surface area contributed by atoms with Gasteiger partial charge in [-0.05, 0) is 18.2 Å². The zero-order chi connectivity index (χ0) is 15.9. The second kappa shape index (κ2) is 7.35. The van der Waals surface area contributed by atoms with Crippen molar-refractivity contribution in [3.63, 3.8) is 0 Å². The highest BCUT2D eigenvalue weighted by molar-refractivity contribution is 5.99. The Morgan fingerprint density at radius 2 is 1.91 bits per heavy atom. The second-order valence-electron chi connectivity index (χ2n) is 4.27. The normalized spacial score (nSPS) is 13.3. The minimum Gasteiger partial charge on any atom is -0.493 e. The zero-order valence-electron chi connectivity index (χ0n) is 12.3. The molecule has 0 amide bonds. The lowest BCUT2D eigenvalue weighted by molar-refractivity contribution is -0.143. The van der Waals surface area contributed by atoms with Gasteiger partial charge in [-0.1, -0.05) is 0 Å². The number of ketones is 1. The number of benzene rings is 1. The van der Waals surface area contributed by atoms with Crippen molar-refractivity contribution in [2.24, 2.45) is 0 Å². The van der Waals surface area contributed by atoms with Gasteiger partial charge >= 0.3 is 5.97 Å². The van der Waals surface area contributed by atoms with E-state index in [-0.39, 0.29) is 18.1 Å². The van der Waals surface area contributed by atoms with Gasteiger partial charge in [0.25, 0.3) is 0 Å². The Labute approximate surface area is 127 Å². The lowest BCUT2D eigenvalue weighted by Crippen LogP contribution is -2.20. The summed E-state index contributed by atoms with van der Waals surface area (Å²) in [5.41, 5.74) is 0.347. The summed E-state index contributed by atoms with van der Waals surface area (Å²) in [4.78, 5) is 23.7. The summed E-state index contributed by atoms with van der Waals surface area (Å²) in [6.45, 7) is 0.237. The molecule has 0 atom stereocenters. The van der Waals surface area contributed by atoms with Gasteiger partial charge in [-0.3, -0.25) is 4.79 Å². The summed E-state index contributed by atoms with van der Waals surface area (Å²) in [5, 5.41) is 0. The van der Waals surface area contributed by atoms with Gasteiger partial charge in [0.2, 0.25) is 5.76 Å². The molecule has 0 fully saturated rings. The lowest BCUT2D eigenvalue weighted by Gasteiger charge is -2.14. The van der Waals surface area contributed by atoms with E-state index in [1.165, 1.54) is 26.5 Å². The summed E-state index contributed by atoms with van der Waals surface area (Å²) in [5.74, 6) is -0.230. The van der Waals surface area contributed by atoms with Crippen LogP contribution in [0.25, 0.3) is 0 Å². The van der Waals surface area contributed by atoms with Crippen LogP contribution in [0.4, 0.5) is 0 Å². The third-order valence-corrected chi connectivity index (χ3v) is 2.89. The number of carbonyl (C=O) groups excluding carboxylic acids is 2. The molecule has 7 nitrogen and oxygen atoms in total. The monoisotopic (exact) mass is 308 g/mol. The van der Waals surface area contributed by atoms with Crippen LogP contribution in [0.5, 0.6) is 11.5 Å². The molecule has 0 radical (unpaired) electrons. The largest absolute Gasteiger partial charge is 0.493 e. The van der Waals surface area contributed by atoms with Gasteiger partial charge in [0.1, 0.15) is 19.5 Å². The molecule has 1 aromatic rings. The Balaban J connectivity index is 1.97. The molecule has 22 heavy (non-hydrogen) atoms. The molecule has 1 aliphatic rings. The minimum atomic E-state index is -0.742. The van der Waals surface area contributed by atoms with E-state index in [2.05, 4.69) is 0 Å². The van der Waals surface area contributed by atoms with Crippen LogP contribution in [0.3, 0.4) is 0 Å². The summed E-state index contributed by atoms with van der Waals surface area (Å²) >= 11 is 0. The number of carbonyl (C=O) groups is 2. The zero-order valence-corrected chi connectivity index (χ0v) is 12.3. The van der Waals surface area contributed by atoms with Gasteiger partial charge in [-0.2, -0.15) is 0 Å². The Hall–Kier alpha value is -2.70. The van der Waals surface area contributed by atoms with Crippen LogP contribution in [0.1, 0.15) is 10.4 Å². The summed E-state index contributed by atoms with van der Waals surface area (Å²) < 4.78 is 25.1. The topological polar surface area (TPSA) is 80.3 Å². The first kappa shape index (κ1) is 15.7. The van der Waals surface area contributed by atoms with E-state index in [9.17, 15) is 9.59 Å². The van der Waals surface area contributed by atoms with Crippen molar-refractivity contribution < 1.29 is 33.3 Å². The van der Waals surface area contributed by atoms with E-state index in [1.54, 1.807) is 12.1 Å². The molecule has 0 spiro atoms. The maximum atomic E-state index is 12.0. The molecule has 0 saturated heterocycles. The van der Waals surface area contributed by atoms with Crippen LogP contribution in [-0.4, -0.2) is 45.8 Å². The standard InChI is InChI=1S/C15H16O7/c1-18-12-4-3-10(7-13(12)19-2)11(16)8-22-15(17)14-9-20-5-6-21-14/h3-4,7,9H,5-6,8H2,1-2H3. The van der Waals surface area contributed by atoms with Gasteiger partial charge < -0.3 is 23.7 Å². The molecule has 0 N–H and O–H groups in total. The van der Waals surface area contributed by atoms with Crippen molar-refractivity contribution in [1.29, 1.82) is 0 Å². The molecule has 0 aliphatic carbocycles. The van der Waals surface area contributed by atoms with Crippen LogP contribution < -0.4 is 9.47 Å². The van der Waals surface area contributed by atoms with Gasteiger partial charge in [0, 0.05) is 5.56 Å². The van der Waals surface area contributed by atoms with Gasteiger partial charge in [-0.25, -0.2) is 4.79 Å². The smallest absolute Gasteiger partial charge is 0.377 e. The molecule has 1 aliphatic heterocycles. The van der Waals surface area contributed by atoms with Gasteiger partial charge in [-0.15, -0.1) is 0 Å². The fourth-order valence-corrected chi connectivity index (χ4v) is 1.77. The van der Waals surface area contributed by atoms with Crippen LogP contribution in [0.2, 0.25) is 0 Å². The third-order valence-electron chi connectivity index (χ3n) is 2.89. The number of rotatable bonds is 6. The first-order valence-electron chi connectivity index (χ1n) is 6.52. The molecule has 7 heteroatoms. The summed E-state index contributed by atoms with van der Waals surface area (Å²) in [6.07, 6.45) is 1.17. The molecular formula is C15H16O7. The summed E-state index contributed by atoms with van der Waals surface area (Å²) in [6, 6.07) is 4.69. The Bertz CT molecular complexity index is 592. The highest BCUT2D eigenvalue weighted by Crippen LogP contribution is 2.27. The van der Waals surface area contributed by atoms with Crippen molar-refractivity contribution in [3.05, 3.63) is 35.8 Å². The molecule has 0 aromatic heterocycles. The molecular weight excluding hydrogens is 292 g/mol. The van der Waals surface area contributed by atoms with Crippen LogP contribution >= 0.6 is 0 Å². The molecule has 0 unspecified atom stereocenters. The number of ether oxygens (including phenoxy) is 5. The van der Waals surface area contributed by atoms with Crippen LogP contribution in [0, 0.1) is 0 Å². The van der Waals surface area contributed by atoms with Gasteiger partial charge in [0.15, 0.2) is 23.9 Å². The summed E-state index contributed by atoms with van der Waals surface area (Å²) in [7, 11) is 2.97. The molecule has 118 valence electrons. The van der Waals surface area contributed by atoms with Crippen LogP contribution in [-0.2, 0) is 19.0 Å². The van der Waals surface area contributed by atoms with E-state index in [1.807, 2.05) is 0 Å². The highest BCUT2D eigenvalue weighted by atomic mass is 16.6. The number of hydrogen-bond donors (Lipinski definition) is 0. The van der Waals surface area contributed by atoms with Crippen LogP contribution in [0.15, 0.2) is 30.2 Å². The number of methoxy groups -OCH3 is 2. The van der Waals surface area contributed by atoms with E-state index < -0.39 is 12.6 Å². The fourth-order valence-electron chi connectivity index (χ4n) is 1.77. The third kappa shape index (κ3) is 3.69. The number of Topliss-reactive ketones (excluding diaryl/α,β-unsaturated/α-hetero) is 1. The Morgan fingerprint density at radius 1 is 1.14 bits per heavy atom. The molecule has 2 rings (SSSR count). The molecule has 0 saturated carbocycles. The van der Waals surface area contributed by atoms with E-state index in [4.69, 9.17) is 23.7 Å². The Morgan fingerprint density at radius 3 is 2.55 bits per heavy atom. The predicted molar refractivity (Wildman–Crippen MR) is 74.8 cm³/mol. The molecule has 1 heterocycles. The van der Waals surface area contributed by atoms with E-state index in [0.717, 1.165) is 0 Å². The fraction of sp³-hybridized carbons (Fsp3) is 0.333. The average Bonchev–Trinajstić information content (AvgIpc) is 2.59. The van der Waals surface area contributed by atoms with Crippen molar-refractivity contribution in [2.45, 2.75) is 0 Å². The van der Waals surface area contributed by atoms with Crippen molar-refractivity contribution in [3.8, 4) is 11.5 Å². The average molecular weight is 308 g/mol. The Kier molecular flexibility index (Phi) is 5.24. The lowest BCUT2D eigenvalue weighted by atomic mass is 10.1. The highest BCUT2D eigenvalue weighted by Gasteiger charge is 2.19. The second-order valence-corrected chi connectivity index (χ2v) is 4.27. The van der Waals surface area contributed by atoms with Crippen molar-refractivity contribution in [1.82, 2.24) is 0 Å². The quantitative estimate of drug-likeness (QED) is 0.579. The van der Waals surface area contributed by atoms with Crippen molar-refractivity contribution in [2.75, 3.05) is 34.0 Å². The number of hydrogen-bond acceptors (Lipinski definition) is 7. The van der Waals surface area contributed by atoms with Gasteiger partial charge in [0.05, 0.1) is 14.2 Å². The first-order chi connectivity index (χ1) is 10.7. The van der Waals surface area contributed by atoms with E-state index in [0.29, 0.717) is 23.7 Å². The van der Waals surface area contributed by atoms with Crippen molar-refractivity contribution >= 4 is 11.8 Å².